The Morgan fingerprint density at radius 3 is 2.29 bits per heavy atom. The molecule has 0 saturated heterocycles. The van der Waals surface area contributed by atoms with Gasteiger partial charge in [-0.1, -0.05) is 35.9 Å². The van der Waals surface area contributed by atoms with Crippen molar-refractivity contribution in [2.24, 2.45) is 0 Å². The number of carbonyl (C=O) groups excluding carboxylic acids is 2. The molecule has 6 nitrogen and oxygen atoms in total. The van der Waals surface area contributed by atoms with Gasteiger partial charge in [-0.15, -0.1) is 0 Å². The molecular weight excluding hydrogens is 485 g/mol. The van der Waals surface area contributed by atoms with Crippen LogP contribution in [0.15, 0.2) is 54.7 Å². The summed E-state index contributed by atoms with van der Waals surface area (Å²) in [5.74, 6) is -4.03. The largest absolute Gasteiger partial charge is 0.459 e. The number of rotatable bonds is 5. The average Bonchev–Trinajstić information content (AvgIpc) is 2.73. The molecule has 1 unspecified atom stereocenters. The first-order chi connectivity index (χ1) is 16.0. The lowest BCUT2D eigenvalue weighted by Crippen LogP contribution is -2.35. The molecule has 0 saturated carbocycles. The lowest BCUT2D eigenvalue weighted by molar-refractivity contribution is -0.198. The third-order valence-electron chi connectivity index (χ3n) is 4.42. The van der Waals surface area contributed by atoms with Gasteiger partial charge in [0.05, 0.1) is 11.9 Å². The number of hydrogen-bond donors (Lipinski definition) is 2. The lowest BCUT2D eigenvalue weighted by atomic mass is 10.1. The Kier molecular flexibility index (Phi) is 7.35. The van der Waals surface area contributed by atoms with Crippen LogP contribution in [0, 0.1) is 18.6 Å². The van der Waals surface area contributed by atoms with Crippen LogP contribution in [0.2, 0.25) is 5.02 Å². The molecule has 2 aromatic carbocycles. The van der Waals surface area contributed by atoms with Crippen LogP contribution in [-0.4, -0.2) is 23.1 Å². The maximum absolute atomic E-state index is 13.7. The van der Waals surface area contributed by atoms with Gasteiger partial charge in [0.2, 0.25) is 12.0 Å². The summed E-state index contributed by atoms with van der Waals surface area (Å²) < 4.78 is 73.3. The van der Waals surface area contributed by atoms with Gasteiger partial charge in [0.25, 0.3) is 5.91 Å². The Morgan fingerprint density at radius 2 is 1.71 bits per heavy atom. The number of amides is 3. The number of benzene rings is 2. The highest BCUT2D eigenvalue weighted by atomic mass is 35.5. The summed E-state index contributed by atoms with van der Waals surface area (Å²) in [6.45, 7) is 1.38. The molecule has 3 aromatic rings. The molecule has 2 N–H and O–H groups in total. The van der Waals surface area contributed by atoms with Crippen molar-refractivity contribution in [1.82, 2.24) is 10.3 Å². The quantitative estimate of drug-likeness (QED) is 0.424. The van der Waals surface area contributed by atoms with E-state index in [-0.39, 0.29) is 27.7 Å². The Balaban J connectivity index is 1.74. The van der Waals surface area contributed by atoms with Crippen molar-refractivity contribution in [2.45, 2.75) is 19.2 Å². The number of pyridine rings is 1. The third kappa shape index (κ3) is 5.79. The molecule has 0 radical (unpaired) electrons. The number of anilines is 1. The predicted octanol–water partition coefficient (Wildman–Crippen LogP) is 5.97. The lowest BCUT2D eigenvalue weighted by Gasteiger charge is -2.23. The first-order valence-electron chi connectivity index (χ1n) is 9.48. The van der Waals surface area contributed by atoms with Crippen LogP contribution in [0.4, 0.5) is 32.4 Å². The van der Waals surface area contributed by atoms with E-state index < -0.39 is 41.4 Å². The molecule has 1 aromatic heterocycles. The van der Waals surface area contributed by atoms with E-state index >= 15 is 0 Å². The van der Waals surface area contributed by atoms with Gasteiger partial charge in [-0.05, 0) is 31.2 Å². The Hall–Kier alpha value is -3.73. The van der Waals surface area contributed by atoms with Crippen molar-refractivity contribution in [3.05, 3.63) is 88.1 Å². The third-order valence-corrected chi connectivity index (χ3v) is 4.76. The van der Waals surface area contributed by atoms with Crippen molar-refractivity contribution in [3.8, 4) is 5.88 Å². The summed E-state index contributed by atoms with van der Waals surface area (Å²) in [5.41, 5.74) is -1.16. The van der Waals surface area contributed by atoms with E-state index in [1.54, 1.807) is 5.32 Å². The molecule has 0 bridgehead atoms. The number of urea groups is 1. The number of nitrogens with zero attached hydrogens (tertiary/aromatic N) is 1. The minimum Gasteiger partial charge on any atom is -0.459 e. The average molecular weight is 500 g/mol. The van der Waals surface area contributed by atoms with Crippen LogP contribution in [0.5, 0.6) is 5.88 Å². The molecule has 12 heteroatoms. The molecule has 178 valence electrons. The van der Waals surface area contributed by atoms with Gasteiger partial charge in [0.15, 0.2) is 0 Å². The number of aryl methyl sites for hydroxylation is 1. The number of alkyl halides is 3. The highest BCUT2D eigenvalue weighted by Crippen LogP contribution is 2.39. The van der Waals surface area contributed by atoms with E-state index in [0.29, 0.717) is 0 Å². The van der Waals surface area contributed by atoms with Gasteiger partial charge >= 0.3 is 12.2 Å². The molecule has 0 aliphatic rings. The standard InChI is InChI=1S/C22H15ClF5N3O3/c1-11-9-12(30-21(33)31-19(32)17-15(24)7-4-8-16(17)25)10-29-20(11)34-18(22(26,27)28)13-5-2-3-6-14(13)23/h2-10,18H,1H3,(H2,30,31,32,33). The van der Waals surface area contributed by atoms with Crippen molar-refractivity contribution in [3.63, 3.8) is 0 Å². The fourth-order valence-electron chi connectivity index (χ4n) is 2.90. The second-order valence-corrected chi connectivity index (χ2v) is 7.32. The highest BCUT2D eigenvalue weighted by Gasteiger charge is 2.44. The maximum atomic E-state index is 13.7. The molecule has 0 aliphatic carbocycles. The first kappa shape index (κ1) is 24.9. The highest BCUT2D eigenvalue weighted by molar-refractivity contribution is 6.31. The number of hydrogen-bond acceptors (Lipinski definition) is 4. The molecule has 34 heavy (non-hydrogen) atoms. The van der Waals surface area contributed by atoms with E-state index in [0.717, 1.165) is 24.4 Å². The summed E-state index contributed by atoms with van der Waals surface area (Å²) in [6.07, 6.45) is -6.23. The molecule has 1 atom stereocenters. The van der Waals surface area contributed by atoms with Gasteiger partial charge < -0.3 is 10.1 Å². The second kappa shape index (κ2) is 10.0. The van der Waals surface area contributed by atoms with Gasteiger partial charge in [-0.25, -0.2) is 18.6 Å². The Bertz CT molecular complexity index is 1220. The number of ether oxygens (including phenoxy) is 1. The smallest absolute Gasteiger partial charge is 0.429 e. The van der Waals surface area contributed by atoms with Crippen LogP contribution in [0.1, 0.15) is 27.6 Å². The molecule has 3 amide bonds. The van der Waals surface area contributed by atoms with Crippen molar-refractivity contribution < 1.29 is 36.3 Å². The fourth-order valence-corrected chi connectivity index (χ4v) is 3.14. The van der Waals surface area contributed by atoms with Crippen molar-refractivity contribution in [2.75, 3.05) is 5.32 Å². The molecular formula is C22H15ClF5N3O3. The number of aromatic nitrogens is 1. The minimum atomic E-state index is -4.81. The topological polar surface area (TPSA) is 80.3 Å². The molecule has 0 aliphatic heterocycles. The monoisotopic (exact) mass is 499 g/mol. The first-order valence-corrected chi connectivity index (χ1v) is 9.86. The van der Waals surface area contributed by atoms with Crippen LogP contribution < -0.4 is 15.4 Å². The maximum Gasteiger partial charge on any atom is 0.429 e. The number of halogens is 6. The predicted molar refractivity (Wildman–Crippen MR) is 113 cm³/mol. The van der Waals surface area contributed by atoms with Crippen LogP contribution in [0.25, 0.3) is 0 Å². The Morgan fingerprint density at radius 1 is 1.06 bits per heavy atom. The molecule has 1 heterocycles. The minimum absolute atomic E-state index is 0.0227. The zero-order chi connectivity index (χ0) is 25.0. The fraction of sp³-hybridized carbons (Fsp3) is 0.136. The summed E-state index contributed by atoms with van der Waals surface area (Å²) in [6, 6.07) is 8.14. The van der Waals surface area contributed by atoms with Gasteiger partial charge in [0.1, 0.15) is 17.2 Å². The normalized spacial score (nSPS) is 12.1. The number of carbonyl (C=O) groups is 2. The molecule has 0 fully saturated rings. The van der Waals surface area contributed by atoms with Crippen molar-refractivity contribution >= 4 is 29.2 Å². The number of imide groups is 1. The van der Waals surface area contributed by atoms with E-state index in [4.69, 9.17) is 16.3 Å². The van der Waals surface area contributed by atoms with Gasteiger partial charge in [-0.3, -0.25) is 10.1 Å². The summed E-state index contributed by atoms with van der Waals surface area (Å²) in [4.78, 5) is 27.8. The second-order valence-electron chi connectivity index (χ2n) is 6.91. The van der Waals surface area contributed by atoms with Crippen molar-refractivity contribution in [1.29, 1.82) is 0 Å². The summed E-state index contributed by atoms with van der Waals surface area (Å²) in [7, 11) is 0. The zero-order valence-corrected chi connectivity index (χ0v) is 18.0. The van der Waals surface area contributed by atoms with Gasteiger partial charge in [-0.2, -0.15) is 13.2 Å². The molecule has 0 spiro atoms. The van der Waals surface area contributed by atoms with E-state index in [9.17, 15) is 31.5 Å². The zero-order valence-electron chi connectivity index (χ0n) is 17.2. The van der Waals surface area contributed by atoms with Crippen LogP contribution in [-0.2, 0) is 0 Å². The SMILES string of the molecule is Cc1cc(NC(=O)NC(=O)c2c(F)cccc2F)cnc1OC(c1ccccc1Cl)C(F)(F)F. The summed E-state index contributed by atoms with van der Waals surface area (Å²) in [5, 5.41) is 3.80. The van der Waals surface area contributed by atoms with E-state index in [1.807, 2.05) is 0 Å². The van der Waals surface area contributed by atoms with Crippen LogP contribution >= 0.6 is 11.6 Å². The van der Waals surface area contributed by atoms with Crippen LogP contribution in [0.3, 0.4) is 0 Å². The van der Waals surface area contributed by atoms with E-state index in [2.05, 4.69) is 10.3 Å². The van der Waals surface area contributed by atoms with Gasteiger partial charge in [0, 0.05) is 16.1 Å². The number of nitrogens with one attached hydrogen (secondary N) is 2. The Labute approximate surface area is 194 Å². The summed E-state index contributed by atoms with van der Waals surface area (Å²) >= 11 is 5.89. The molecule has 3 rings (SSSR count). The van der Waals surface area contributed by atoms with E-state index in [1.165, 1.54) is 37.3 Å².